The maximum absolute atomic E-state index is 5.18. The van der Waals surface area contributed by atoms with E-state index in [0.29, 0.717) is 5.37 Å². The Morgan fingerprint density at radius 3 is 2.67 bits per heavy atom. The first kappa shape index (κ1) is 12.7. The normalized spacial score (nSPS) is 17.3. The molecule has 1 aromatic rings. The van der Waals surface area contributed by atoms with Crippen LogP contribution in [0, 0.1) is 0 Å². The average molecular weight is 290 g/mol. The number of ether oxygens (including phenoxy) is 1. The lowest BCUT2D eigenvalue weighted by Crippen LogP contribution is -2.03. The van der Waals surface area contributed by atoms with Crippen LogP contribution in [-0.4, -0.2) is 12.5 Å². The zero-order chi connectivity index (χ0) is 11.4. The molecule has 0 saturated carbocycles. The molecule has 84 valence electrons. The number of thioether (sulfide) groups is 1. The molecule has 1 heterocycles. The van der Waals surface area contributed by atoms with Gasteiger partial charge in [-0.05, 0) is 35.0 Å². The molecule has 0 radical (unpaired) electrons. The highest BCUT2D eigenvalue weighted by atomic mass is 79.9. The van der Waals surface area contributed by atoms with Crippen molar-refractivity contribution >= 4 is 33.4 Å². The maximum Gasteiger partial charge on any atom is 0.121 e. The second kappa shape index (κ2) is 5.66. The van der Waals surface area contributed by atoms with E-state index in [0.717, 1.165) is 10.2 Å². The van der Waals surface area contributed by atoms with Crippen LogP contribution >= 0.6 is 27.7 Å². The van der Waals surface area contributed by atoms with E-state index in [1.54, 1.807) is 7.11 Å². The highest BCUT2D eigenvalue weighted by Gasteiger charge is 2.20. The summed E-state index contributed by atoms with van der Waals surface area (Å²) in [5.74, 6) is 0.897. The van der Waals surface area contributed by atoms with Gasteiger partial charge >= 0.3 is 0 Å². The van der Waals surface area contributed by atoms with Gasteiger partial charge in [0.1, 0.15) is 5.75 Å². The van der Waals surface area contributed by atoms with Gasteiger partial charge in [-0.3, -0.25) is 0 Å². The number of hydrogen-bond acceptors (Lipinski definition) is 3. The molecule has 1 unspecified atom stereocenters. The number of rotatable bonds is 1. The van der Waals surface area contributed by atoms with E-state index in [2.05, 4.69) is 34.2 Å². The summed E-state index contributed by atoms with van der Waals surface area (Å²) in [4.78, 5) is 1.25. The summed E-state index contributed by atoms with van der Waals surface area (Å²) in [5.41, 5.74) is 1.18. The van der Waals surface area contributed by atoms with E-state index in [1.165, 1.54) is 10.6 Å². The monoisotopic (exact) mass is 289 g/mol. The van der Waals surface area contributed by atoms with E-state index in [4.69, 9.17) is 4.74 Å². The van der Waals surface area contributed by atoms with Gasteiger partial charge in [0.25, 0.3) is 0 Å². The number of hydrogen-bond donors (Lipinski definition) is 1. The molecule has 1 N–H and O–H groups in total. The van der Waals surface area contributed by atoms with E-state index in [1.807, 2.05) is 31.7 Å². The van der Waals surface area contributed by atoms with E-state index in [9.17, 15) is 0 Å². The van der Waals surface area contributed by atoms with Gasteiger partial charge in [0.2, 0.25) is 0 Å². The fraction of sp³-hybridized carbons (Fsp3) is 0.455. The number of halogens is 1. The topological polar surface area (TPSA) is 21.3 Å². The molecule has 0 aromatic heterocycles. The minimum Gasteiger partial charge on any atom is -0.497 e. The van der Waals surface area contributed by atoms with Crippen LogP contribution in [0.2, 0.25) is 0 Å². The zero-order valence-electron chi connectivity index (χ0n) is 9.43. The highest BCUT2D eigenvalue weighted by molar-refractivity contribution is 9.10. The molecule has 2 rings (SSSR count). The standard InChI is InChI=1S/C9H10BrNOS.C2H6/c1-5-11-9-7(10)3-6(12-2)4-8(9)13-5;1-2/h3-5,11H,1-2H3;1-2H3. The van der Waals surface area contributed by atoms with Crippen molar-refractivity contribution in [1.82, 2.24) is 0 Å². The predicted molar refractivity (Wildman–Crippen MR) is 71.0 cm³/mol. The van der Waals surface area contributed by atoms with Crippen molar-refractivity contribution in [1.29, 1.82) is 0 Å². The minimum absolute atomic E-state index is 0.443. The summed E-state index contributed by atoms with van der Waals surface area (Å²) in [6, 6.07) is 4.03. The molecule has 1 aromatic carbocycles. The third-order valence-electron chi connectivity index (χ3n) is 1.91. The van der Waals surface area contributed by atoms with Crippen LogP contribution in [-0.2, 0) is 0 Å². The third-order valence-corrected chi connectivity index (χ3v) is 3.59. The van der Waals surface area contributed by atoms with Gasteiger partial charge < -0.3 is 10.1 Å². The van der Waals surface area contributed by atoms with E-state index < -0.39 is 0 Å². The number of methoxy groups -OCH3 is 1. The van der Waals surface area contributed by atoms with Crippen molar-refractivity contribution in [2.24, 2.45) is 0 Å². The first-order chi connectivity index (χ1) is 7.20. The van der Waals surface area contributed by atoms with E-state index in [-0.39, 0.29) is 0 Å². The second-order valence-corrected chi connectivity index (χ2v) is 5.12. The maximum atomic E-state index is 5.18. The molecule has 0 spiro atoms. The molecule has 0 fully saturated rings. The summed E-state index contributed by atoms with van der Waals surface area (Å²) in [6.07, 6.45) is 0. The van der Waals surface area contributed by atoms with Crippen molar-refractivity contribution in [2.45, 2.75) is 31.0 Å². The quantitative estimate of drug-likeness (QED) is 0.831. The molecule has 0 saturated heterocycles. The smallest absolute Gasteiger partial charge is 0.121 e. The first-order valence-electron chi connectivity index (χ1n) is 5.01. The Morgan fingerprint density at radius 2 is 2.07 bits per heavy atom. The summed E-state index contributed by atoms with van der Waals surface area (Å²) < 4.78 is 6.25. The number of benzene rings is 1. The Bertz CT molecular complexity index is 344. The van der Waals surface area contributed by atoms with Crippen LogP contribution in [0.3, 0.4) is 0 Å². The summed E-state index contributed by atoms with van der Waals surface area (Å²) >= 11 is 5.32. The van der Waals surface area contributed by atoms with Gasteiger partial charge in [0.15, 0.2) is 0 Å². The van der Waals surface area contributed by atoms with Gasteiger partial charge in [-0.2, -0.15) is 0 Å². The van der Waals surface area contributed by atoms with Gasteiger partial charge in [0.05, 0.1) is 18.2 Å². The lowest BCUT2D eigenvalue weighted by Gasteiger charge is -2.05. The molecule has 0 aliphatic carbocycles. The number of fused-ring (bicyclic) bond motifs is 1. The van der Waals surface area contributed by atoms with Crippen LogP contribution in [0.1, 0.15) is 20.8 Å². The predicted octanol–water partition coefficient (Wildman–Crippen LogP) is 4.35. The first-order valence-corrected chi connectivity index (χ1v) is 6.68. The molecule has 0 bridgehead atoms. The lowest BCUT2D eigenvalue weighted by atomic mass is 10.3. The molecule has 1 atom stereocenters. The van der Waals surface area contributed by atoms with Crippen molar-refractivity contribution in [2.75, 3.05) is 12.4 Å². The van der Waals surface area contributed by atoms with Crippen LogP contribution < -0.4 is 10.1 Å². The van der Waals surface area contributed by atoms with Crippen LogP contribution in [0.4, 0.5) is 5.69 Å². The Kier molecular flexibility index (Phi) is 4.80. The highest BCUT2D eigenvalue weighted by Crippen LogP contribution is 2.44. The Labute approximate surface area is 104 Å². The third kappa shape index (κ3) is 2.82. The van der Waals surface area contributed by atoms with Crippen molar-refractivity contribution < 1.29 is 4.74 Å². The largest absolute Gasteiger partial charge is 0.497 e. The second-order valence-electron chi connectivity index (χ2n) is 2.89. The Morgan fingerprint density at radius 1 is 1.40 bits per heavy atom. The van der Waals surface area contributed by atoms with Crippen molar-refractivity contribution in [3.05, 3.63) is 16.6 Å². The number of nitrogens with one attached hydrogen (secondary N) is 1. The molecule has 1 aliphatic heterocycles. The van der Waals surface area contributed by atoms with Crippen molar-refractivity contribution in [3.8, 4) is 5.75 Å². The van der Waals surface area contributed by atoms with Gasteiger partial charge in [-0.25, -0.2) is 0 Å². The van der Waals surface area contributed by atoms with Crippen molar-refractivity contribution in [3.63, 3.8) is 0 Å². The summed E-state index contributed by atoms with van der Waals surface area (Å²) in [5, 5.41) is 3.82. The van der Waals surface area contributed by atoms with Gasteiger partial charge in [-0.1, -0.05) is 25.6 Å². The summed E-state index contributed by atoms with van der Waals surface area (Å²) in [6.45, 7) is 6.14. The average Bonchev–Trinajstić information content (AvgIpc) is 2.62. The minimum atomic E-state index is 0.443. The molecule has 4 heteroatoms. The Balaban J connectivity index is 0.000000531. The van der Waals surface area contributed by atoms with Crippen LogP contribution in [0.25, 0.3) is 0 Å². The molecular weight excluding hydrogens is 274 g/mol. The van der Waals surface area contributed by atoms with Gasteiger partial charge in [0, 0.05) is 9.37 Å². The molecule has 0 amide bonds. The fourth-order valence-electron chi connectivity index (χ4n) is 1.33. The van der Waals surface area contributed by atoms with E-state index >= 15 is 0 Å². The molecule has 2 nitrogen and oxygen atoms in total. The zero-order valence-corrected chi connectivity index (χ0v) is 11.8. The van der Waals surface area contributed by atoms with Crippen LogP contribution in [0.5, 0.6) is 5.75 Å². The SMILES string of the molecule is CC.COc1cc(Br)c2c(c1)SC(C)N2. The van der Waals surface area contributed by atoms with Crippen LogP contribution in [0.15, 0.2) is 21.5 Å². The summed E-state index contributed by atoms with van der Waals surface area (Å²) in [7, 11) is 1.69. The molecular formula is C11H16BrNOS. The van der Waals surface area contributed by atoms with Gasteiger partial charge in [-0.15, -0.1) is 0 Å². The molecule has 1 aliphatic rings. The number of anilines is 1. The molecule has 15 heavy (non-hydrogen) atoms. The Hall–Kier alpha value is -0.350. The fourth-order valence-corrected chi connectivity index (χ4v) is 3.05. The lowest BCUT2D eigenvalue weighted by molar-refractivity contribution is 0.413.